The number of pyridine rings is 1. The van der Waals surface area contributed by atoms with E-state index >= 15 is 0 Å². The number of hydrogen-bond donors (Lipinski definition) is 1. The number of hydrogen-bond acceptors (Lipinski definition) is 7. The molecule has 1 aromatic carbocycles. The first kappa shape index (κ1) is 26.8. The molecule has 1 atom stereocenters. The first-order valence-electron chi connectivity index (χ1n) is 13.9. The van der Waals surface area contributed by atoms with Crippen molar-refractivity contribution in [3.8, 4) is 0 Å². The number of ketones is 1. The van der Waals surface area contributed by atoms with E-state index in [-0.39, 0.29) is 24.7 Å². The number of Topliss-reactive ketones (excluding diaryl/α,β-unsaturated/α-hetero) is 1. The molecule has 1 aliphatic carbocycles. The molecule has 0 saturated carbocycles. The van der Waals surface area contributed by atoms with Gasteiger partial charge in [-0.05, 0) is 69.3 Å². The Morgan fingerprint density at radius 2 is 1.87 bits per heavy atom. The maximum absolute atomic E-state index is 13.9. The van der Waals surface area contributed by atoms with Crippen molar-refractivity contribution in [2.75, 3.05) is 31.6 Å². The first-order valence-corrected chi connectivity index (χ1v) is 13.9. The summed E-state index contributed by atoms with van der Waals surface area (Å²) in [5.74, 6) is -1.80. The number of alkyl halides is 2. The molecule has 39 heavy (non-hydrogen) atoms. The minimum Gasteiger partial charge on any atom is -0.399 e. The van der Waals surface area contributed by atoms with Crippen LogP contribution in [0.3, 0.4) is 0 Å². The quantitative estimate of drug-likeness (QED) is 0.539. The molecular weight excluding hydrogens is 503 g/mol. The summed E-state index contributed by atoms with van der Waals surface area (Å²) < 4.78 is 46.0. The number of carbonyl (C=O) groups excluding carboxylic acids is 1. The van der Waals surface area contributed by atoms with Crippen LogP contribution in [0, 0.1) is 0 Å². The minimum absolute atomic E-state index is 0.0742. The third-order valence-electron chi connectivity index (χ3n) is 9.00. The number of rotatable bonds is 6. The Hall–Kier alpha value is -2.40. The van der Waals surface area contributed by atoms with Crippen LogP contribution in [-0.2, 0) is 27.0 Å². The summed E-state index contributed by atoms with van der Waals surface area (Å²) >= 11 is 0. The molecule has 0 amide bonds. The molecule has 4 aliphatic rings. The van der Waals surface area contributed by atoms with Gasteiger partial charge in [-0.25, -0.2) is 13.8 Å². The maximum Gasteiger partial charge on any atom is 0.495 e. The van der Waals surface area contributed by atoms with Gasteiger partial charge in [0.1, 0.15) is 5.82 Å². The second-order valence-corrected chi connectivity index (χ2v) is 12.3. The van der Waals surface area contributed by atoms with E-state index < -0.39 is 24.2 Å². The van der Waals surface area contributed by atoms with Crippen LogP contribution < -0.4 is 10.8 Å². The van der Waals surface area contributed by atoms with Gasteiger partial charge in [-0.15, -0.1) is 0 Å². The van der Waals surface area contributed by atoms with Crippen molar-refractivity contribution in [2.45, 2.75) is 83.0 Å². The number of aromatic nitrogens is 1. The van der Waals surface area contributed by atoms with Crippen LogP contribution in [0.15, 0.2) is 24.3 Å². The van der Waals surface area contributed by atoms with E-state index in [2.05, 4.69) is 5.32 Å². The second-order valence-electron chi connectivity index (χ2n) is 12.3. The average Bonchev–Trinajstić information content (AvgIpc) is 3.63. The number of benzene rings is 1. The lowest BCUT2D eigenvalue weighted by molar-refractivity contribution is 0.00578. The lowest BCUT2D eigenvalue weighted by atomic mass is 9.74. The smallest absolute Gasteiger partial charge is 0.399 e. The van der Waals surface area contributed by atoms with E-state index in [9.17, 15) is 13.6 Å². The standard InChI is InChI=1S/C29H36BF2N3O4/c1-27(2)28(3,4)39-30(38-27)21-7-8-22(26-20(21)5-9-24(26)36)33-25-10-6-19(18-11-14-37-16-18)23(34-25)15-35-13-12-29(31,32)17-35/h6-8,10,18H,5,9,11-17H2,1-4H3,(H,33,34). The molecule has 1 aromatic heterocycles. The third kappa shape index (κ3) is 5.01. The number of halogens is 2. The van der Waals surface area contributed by atoms with E-state index in [1.165, 1.54) is 0 Å². The fourth-order valence-electron chi connectivity index (χ4n) is 6.06. The zero-order chi connectivity index (χ0) is 27.6. The summed E-state index contributed by atoms with van der Waals surface area (Å²) in [7, 11) is -0.542. The van der Waals surface area contributed by atoms with E-state index in [1.807, 2.05) is 52.0 Å². The van der Waals surface area contributed by atoms with Gasteiger partial charge in [0.25, 0.3) is 5.92 Å². The van der Waals surface area contributed by atoms with Crippen LogP contribution in [0.25, 0.3) is 0 Å². The summed E-state index contributed by atoms with van der Waals surface area (Å²) in [6, 6.07) is 7.80. The van der Waals surface area contributed by atoms with Gasteiger partial charge >= 0.3 is 7.12 Å². The third-order valence-corrected chi connectivity index (χ3v) is 9.00. The topological polar surface area (TPSA) is 72.9 Å². The predicted molar refractivity (Wildman–Crippen MR) is 145 cm³/mol. The van der Waals surface area contributed by atoms with E-state index in [0.717, 1.165) is 28.7 Å². The Bertz CT molecular complexity index is 1280. The monoisotopic (exact) mass is 539 g/mol. The van der Waals surface area contributed by atoms with Crippen molar-refractivity contribution in [3.05, 3.63) is 46.6 Å². The highest BCUT2D eigenvalue weighted by molar-refractivity contribution is 6.63. The van der Waals surface area contributed by atoms with Crippen LogP contribution in [0.4, 0.5) is 20.3 Å². The molecule has 0 radical (unpaired) electrons. The highest BCUT2D eigenvalue weighted by Gasteiger charge is 2.52. The maximum atomic E-state index is 13.9. The Morgan fingerprint density at radius 3 is 2.54 bits per heavy atom. The van der Waals surface area contributed by atoms with Gasteiger partial charge in [0, 0.05) is 44.0 Å². The summed E-state index contributed by atoms with van der Waals surface area (Å²) in [5.41, 5.74) is 4.05. The van der Waals surface area contributed by atoms with Crippen molar-refractivity contribution < 1.29 is 27.6 Å². The predicted octanol–water partition coefficient (Wildman–Crippen LogP) is 4.60. The fourth-order valence-corrected chi connectivity index (χ4v) is 6.06. The van der Waals surface area contributed by atoms with E-state index in [0.29, 0.717) is 56.2 Å². The molecule has 0 spiro atoms. The van der Waals surface area contributed by atoms with Crippen molar-refractivity contribution >= 4 is 29.9 Å². The van der Waals surface area contributed by atoms with Gasteiger partial charge in [-0.2, -0.15) is 0 Å². The minimum atomic E-state index is -2.66. The number of carbonyl (C=O) groups is 1. The molecular formula is C29H36BF2N3O4. The lowest BCUT2D eigenvalue weighted by Gasteiger charge is -2.32. The SMILES string of the molecule is CC1(C)OB(c2ccc(Nc3ccc(C4CCOC4)c(CN4CCC(F)(F)C4)n3)c3c2CCC3=O)OC1(C)C. The van der Waals surface area contributed by atoms with Gasteiger partial charge < -0.3 is 19.4 Å². The van der Waals surface area contributed by atoms with Crippen molar-refractivity contribution in [1.29, 1.82) is 0 Å². The molecule has 4 heterocycles. The Morgan fingerprint density at radius 1 is 1.10 bits per heavy atom. The molecule has 208 valence electrons. The van der Waals surface area contributed by atoms with Crippen LogP contribution >= 0.6 is 0 Å². The van der Waals surface area contributed by atoms with Crippen LogP contribution in [0.2, 0.25) is 0 Å². The second kappa shape index (κ2) is 9.61. The van der Waals surface area contributed by atoms with Crippen molar-refractivity contribution in [2.24, 2.45) is 0 Å². The van der Waals surface area contributed by atoms with Crippen LogP contribution in [0.1, 0.15) is 80.1 Å². The zero-order valence-electron chi connectivity index (χ0n) is 23.1. The molecule has 1 N–H and O–H groups in total. The highest BCUT2D eigenvalue weighted by atomic mass is 19.3. The molecule has 3 aliphatic heterocycles. The molecule has 0 bridgehead atoms. The number of fused-ring (bicyclic) bond motifs is 1. The Labute approximate surface area is 228 Å². The number of nitrogens with one attached hydrogen (secondary N) is 1. The number of nitrogens with zero attached hydrogens (tertiary/aromatic N) is 2. The van der Waals surface area contributed by atoms with Gasteiger partial charge in [-0.1, -0.05) is 12.1 Å². The average molecular weight is 539 g/mol. The molecule has 3 saturated heterocycles. The van der Waals surface area contributed by atoms with E-state index in [1.54, 1.807) is 4.90 Å². The molecule has 2 aromatic rings. The summed E-state index contributed by atoms with van der Waals surface area (Å²) in [4.78, 5) is 19.7. The van der Waals surface area contributed by atoms with Gasteiger partial charge in [0.05, 0.1) is 35.7 Å². The Kier molecular flexibility index (Phi) is 6.61. The first-order chi connectivity index (χ1) is 18.4. The van der Waals surface area contributed by atoms with E-state index in [4.69, 9.17) is 19.0 Å². The molecule has 10 heteroatoms. The van der Waals surface area contributed by atoms with Gasteiger partial charge in [0.2, 0.25) is 0 Å². The number of likely N-dealkylation sites (tertiary alicyclic amines) is 1. The molecule has 3 fully saturated rings. The largest absolute Gasteiger partial charge is 0.495 e. The van der Waals surface area contributed by atoms with Gasteiger partial charge in [0.15, 0.2) is 5.78 Å². The summed E-state index contributed by atoms with van der Waals surface area (Å²) in [6.45, 7) is 9.81. The van der Waals surface area contributed by atoms with Crippen LogP contribution in [0.5, 0.6) is 0 Å². The van der Waals surface area contributed by atoms with Crippen LogP contribution in [-0.4, -0.2) is 66.2 Å². The summed E-state index contributed by atoms with van der Waals surface area (Å²) in [6.07, 6.45) is 1.82. The molecule has 1 unspecified atom stereocenters. The normalized spacial score (nSPS) is 25.4. The van der Waals surface area contributed by atoms with Gasteiger partial charge in [-0.3, -0.25) is 9.69 Å². The fraction of sp³-hybridized carbons (Fsp3) is 0.586. The molecule has 7 nitrogen and oxygen atoms in total. The van der Waals surface area contributed by atoms with Crippen molar-refractivity contribution in [3.63, 3.8) is 0 Å². The molecule has 6 rings (SSSR count). The lowest BCUT2D eigenvalue weighted by Crippen LogP contribution is -2.41. The zero-order valence-corrected chi connectivity index (χ0v) is 23.1. The van der Waals surface area contributed by atoms with Crippen molar-refractivity contribution in [1.82, 2.24) is 9.88 Å². The highest BCUT2D eigenvalue weighted by Crippen LogP contribution is 2.39. The Balaban J connectivity index is 1.30. The summed E-state index contributed by atoms with van der Waals surface area (Å²) in [5, 5.41) is 3.37. The number of anilines is 2. The number of ether oxygens (including phenoxy) is 1.